The Labute approximate surface area is 131 Å². The van der Waals surface area contributed by atoms with E-state index in [0.29, 0.717) is 10.8 Å². The monoisotopic (exact) mass is 300 g/mol. The topological polar surface area (TPSA) is 0 Å². The van der Waals surface area contributed by atoms with E-state index in [0.717, 1.165) is 26.3 Å². The van der Waals surface area contributed by atoms with Gasteiger partial charge in [0.05, 0.1) is 0 Å². The Kier molecular flexibility index (Phi) is 8.96. The molecule has 1 heteroatoms. The predicted molar refractivity (Wildman–Crippen MR) is 98.3 cm³/mol. The molecule has 0 heterocycles. The Balaban J connectivity index is 0.00000110. The SMILES string of the molecule is CCCC1CCC(C(C)(C)C)CC1C(C)(C)C.CPC. The van der Waals surface area contributed by atoms with Crippen LogP contribution in [-0.4, -0.2) is 13.3 Å². The minimum Gasteiger partial charge on any atom is -0.129 e. The molecule has 1 aliphatic carbocycles. The molecule has 0 nitrogen and oxygen atoms in total. The molecule has 20 heavy (non-hydrogen) atoms. The molecule has 0 aromatic rings. The van der Waals surface area contributed by atoms with E-state index in [9.17, 15) is 0 Å². The van der Waals surface area contributed by atoms with Crippen molar-refractivity contribution in [3.8, 4) is 0 Å². The lowest BCUT2D eigenvalue weighted by atomic mass is 9.58. The van der Waals surface area contributed by atoms with Gasteiger partial charge in [-0.25, -0.2) is 0 Å². The van der Waals surface area contributed by atoms with E-state index < -0.39 is 0 Å². The second-order valence-electron chi connectivity index (χ2n) is 8.90. The molecule has 1 aliphatic rings. The van der Waals surface area contributed by atoms with Crippen LogP contribution in [0.3, 0.4) is 0 Å². The zero-order valence-electron chi connectivity index (χ0n) is 15.8. The van der Waals surface area contributed by atoms with E-state index in [1.54, 1.807) is 0 Å². The summed E-state index contributed by atoms with van der Waals surface area (Å²) in [5, 5.41) is 0. The maximum Gasteiger partial charge on any atom is -0.0334 e. The zero-order valence-corrected chi connectivity index (χ0v) is 16.8. The normalized spacial score (nSPS) is 27.8. The van der Waals surface area contributed by atoms with Crippen LogP contribution in [0.5, 0.6) is 0 Å². The summed E-state index contributed by atoms with van der Waals surface area (Å²) < 4.78 is 0. The summed E-state index contributed by atoms with van der Waals surface area (Å²) >= 11 is 0. The maximum atomic E-state index is 2.45. The fourth-order valence-electron chi connectivity index (χ4n) is 3.80. The highest BCUT2D eigenvalue weighted by Gasteiger charge is 2.40. The van der Waals surface area contributed by atoms with Crippen LogP contribution in [0.25, 0.3) is 0 Å². The summed E-state index contributed by atoms with van der Waals surface area (Å²) in [4.78, 5) is 0. The van der Waals surface area contributed by atoms with Crippen LogP contribution < -0.4 is 0 Å². The second-order valence-corrected chi connectivity index (χ2v) is 9.90. The van der Waals surface area contributed by atoms with Gasteiger partial charge in [0.25, 0.3) is 0 Å². The molecule has 3 atom stereocenters. The zero-order chi connectivity index (χ0) is 16.0. The lowest BCUT2D eigenvalue weighted by Crippen LogP contribution is -2.38. The molecule has 3 unspecified atom stereocenters. The number of hydrogen-bond donors (Lipinski definition) is 0. The third kappa shape index (κ3) is 6.93. The summed E-state index contributed by atoms with van der Waals surface area (Å²) in [6.07, 6.45) is 7.19. The van der Waals surface area contributed by atoms with Crippen LogP contribution >= 0.6 is 8.58 Å². The van der Waals surface area contributed by atoms with Crippen LogP contribution in [0.15, 0.2) is 0 Å². The molecule has 1 saturated carbocycles. The molecule has 1 rings (SSSR count). The average molecular weight is 301 g/mol. The lowest BCUT2D eigenvalue weighted by Gasteiger charge is -2.47. The van der Waals surface area contributed by atoms with Gasteiger partial charge in [-0.05, 0) is 61.2 Å². The minimum absolute atomic E-state index is 0.490. The van der Waals surface area contributed by atoms with Crippen molar-refractivity contribution in [2.45, 2.75) is 80.6 Å². The minimum atomic E-state index is 0.490. The van der Waals surface area contributed by atoms with Gasteiger partial charge in [-0.1, -0.05) is 61.3 Å². The van der Waals surface area contributed by atoms with Crippen molar-refractivity contribution in [2.75, 3.05) is 13.3 Å². The Morgan fingerprint density at radius 1 is 0.900 bits per heavy atom. The van der Waals surface area contributed by atoms with Crippen molar-refractivity contribution in [3.05, 3.63) is 0 Å². The first-order chi connectivity index (χ1) is 9.07. The highest BCUT2D eigenvalue weighted by Crippen LogP contribution is 2.49. The highest BCUT2D eigenvalue weighted by molar-refractivity contribution is 7.35. The highest BCUT2D eigenvalue weighted by atomic mass is 31.1. The molecule has 0 N–H and O–H groups in total. The molecule has 0 amide bonds. The van der Waals surface area contributed by atoms with Gasteiger partial charge in [0.2, 0.25) is 0 Å². The third-order valence-electron chi connectivity index (χ3n) is 4.99. The number of rotatable bonds is 2. The quantitative estimate of drug-likeness (QED) is 0.490. The van der Waals surface area contributed by atoms with E-state index in [1.165, 1.54) is 32.1 Å². The van der Waals surface area contributed by atoms with Gasteiger partial charge >= 0.3 is 0 Å². The molecular weight excluding hydrogens is 259 g/mol. The predicted octanol–water partition coefficient (Wildman–Crippen LogP) is 6.84. The summed E-state index contributed by atoms with van der Waals surface area (Å²) in [7, 11) is 1.08. The molecule has 0 saturated heterocycles. The van der Waals surface area contributed by atoms with Gasteiger partial charge in [0, 0.05) is 0 Å². The van der Waals surface area contributed by atoms with Gasteiger partial charge in [-0.3, -0.25) is 0 Å². The summed E-state index contributed by atoms with van der Waals surface area (Å²) in [5.74, 6) is 2.85. The van der Waals surface area contributed by atoms with Crippen molar-refractivity contribution in [1.82, 2.24) is 0 Å². The van der Waals surface area contributed by atoms with Crippen molar-refractivity contribution >= 4 is 8.58 Å². The van der Waals surface area contributed by atoms with Crippen molar-refractivity contribution < 1.29 is 0 Å². The molecule has 0 radical (unpaired) electrons. The lowest BCUT2D eigenvalue weighted by molar-refractivity contribution is 0.0313. The molecule has 0 aromatic carbocycles. The fourth-order valence-corrected chi connectivity index (χ4v) is 3.80. The first-order valence-corrected chi connectivity index (χ1v) is 10.7. The molecule has 0 spiro atoms. The molecular formula is C19H41P. The van der Waals surface area contributed by atoms with E-state index in [-0.39, 0.29) is 0 Å². The van der Waals surface area contributed by atoms with Crippen molar-refractivity contribution in [2.24, 2.45) is 28.6 Å². The van der Waals surface area contributed by atoms with E-state index in [4.69, 9.17) is 0 Å². The fraction of sp³-hybridized carbons (Fsp3) is 1.00. The Hall–Kier alpha value is 0.430. The van der Waals surface area contributed by atoms with Crippen LogP contribution in [0.2, 0.25) is 0 Å². The first-order valence-electron chi connectivity index (χ1n) is 8.66. The van der Waals surface area contributed by atoms with E-state index >= 15 is 0 Å². The van der Waals surface area contributed by atoms with Crippen molar-refractivity contribution in [3.63, 3.8) is 0 Å². The molecule has 122 valence electrons. The van der Waals surface area contributed by atoms with Gasteiger partial charge in [-0.2, -0.15) is 0 Å². The molecule has 0 aromatic heterocycles. The van der Waals surface area contributed by atoms with E-state index in [2.05, 4.69) is 61.8 Å². The Morgan fingerprint density at radius 3 is 1.75 bits per heavy atom. The third-order valence-corrected chi connectivity index (χ3v) is 4.99. The average Bonchev–Trinajstić information content (AvgIpc) is 2.28. The Morgan fingerprint density at radius 2 is 1.40 bits per heavy atom. The van der Waals surface area contributed by atoms with Crippen LogP contribution in [-0.2, 0) is 0 Å². The van der Waals surface area contributed by atoms with Gasteiger partial charge < -0.3 is 0 Å². The molecule has 0 bridgehead atoms. The van der Waals surface area contributed by atoms with Crippen molar-refractivity contribution in [1.29, 1.82) is 0 Å². The summed E-state index contributed by atoms with van der Waals surface area (Å²) in [6, 6.07) is 0. The number of hydrogen-bond acceptors (Lipinski definition) is 0. The van der Waals surface area contributed by atoms with Crippen LogP contribution in [0.1, 0.15) is 80.6 Å². The Bertz CT molecular complexity index is 243. The van der Waals surface area contributed by atoms with Gasteiger partial charge in [0.1, 0.15) is 0 Å². The van der Waals surface area contributed by atoms with E-state index in [1.807, 2.05) is 0 Å². The second kappa shape index (κ2) is 8.77. The standard InChI is InChI=1S/C17H34.C2H7P/c1-8-9-13-10-11-14(16(2,3)4)12-15(13)17(5,6)7;1-3-2/h13-15H,8-12H2,1-7H3;3H,1-2H3. The maximum absolute atomic E-state index is 2.45. The molecule has 0 aliphatic heterocycles. The smallest absolute Gasteiger partial charge is 0.0334 e. The summed E-state index contributed by atoms with van der Waals surface area (Å²) in [6.45, 7) is 21.3. The largest absolute Gasteiger partial charge is 0.129 e. The van der Waals surface area contributed by atoms with Crippen LogP contribution in [0.4, 0.5) is 0 Å². The van der Waals surface area contributed by atoms with Gasteiger partial charge in [-0.15, -0.1) is 8.58 Å². The van der Waals surface area contributed by atoms with Gasteiger partial charge in [0.15, 0.2) is 0 Å². The first kappa shape index (κ1) is 20.4. The molecule has 1 fully saturated rings. The van der Waals surface area contributed by atoms with Crippen LogP contribution in [0, 0.1) is 28.6 Å². The summed E-state index contributed by atoms with van der Waals surface area (Å²) in [5.41, 5.74) is 0.991.